The van der Waals surface area contributed by atoms with Crippen LogP contribution in [0.3, 0.4) is 0 Å². The molecule has 0 bridgehead atoms. The fourth-order valence-electron chi connectivity index (χ4n) is 7.05. The van der Waals surface area contributed by atoms with Crippen LogP contribution in [0.25, 0.3) is 32.7 Å². The second kappa shape index (κ2) is 29.5. The number of benzene rings is 8. The van der Waals surface area contributed by atoms with E-state index < -0.39 is 26.1 Å². The van der Waals surface area contributed by atoms with Crippen LogP contribution in [0, 0.1) is 83.3 Å². The summed E-state index contributed by atoms with van der Waals surface area (Å²) < 4.78 is 34.0. The Labute approximate surface area is 416 Å². The molecule has 0 fully saturated rings. The maximum atomic E-state index is 8.49. The zero-order chi connectivity index (χ0) is 49.5. The van der Waals surface area contributed by atoms with Crippen molar-refractivity contribution >= 4 is 69.2 Å². The van der Waals surface area contributed by atoms with Gasteiger partial charge in [-0.1, -0.05) is 192 Å². The van der Waals surface area contributed by atoms with Crippen molar-refractivity contribution < 1.29 is 45.9 Å². The van der Waals surface area contributed by atoms with Crippen molar-refractivity contribution in [1.82, 2.24) is 0 Å². The first-order chi connectivity index (χ1) is 32.1. The Hall–Kier alpha value is -6.25. The summed E-state index contributed by atoms with van der Waals surface area (Å²) in [6, 6.07) is 71.6. The third kappa shape index (κ3) is 17.1. The van der Waals surface area contributed by atoms with Crippen molar-refractivity contribution in [3.05, 3.63) is 192 Å². The van der Waals surface area contributed by atoms with Gasteiger partial charge in [0.2, 0.25) is 0 Å². The number of fused-ring (bicyclic) bond motifs is 2. The first-order valence-electron chi connectivity index (χ1n) is 20.9. The molecule has 12 heteroatoms. The molecule has 0 saturated heterocycles. The van der Waals surface area contributed by atoms with E-state index in [1.807, 2.05) is 0 Å². The van der Waals surface area contributed by atoms with E-state index in [-0.39, 0.29) is 17.1 Å². The van der Waals surface area contributed by atoms with Crippen LogP contribution in [0.5, 0.6) is 0 Å². The van der Waals surface area contributed by atoms with Crippen LogP contribution >= 0.6 is 15.8 Å². The summed E-state index contributed by atoms with van der Waals surface area (Å²) in [6.07, 6.45) is 0. The molecule has 68 heavy (non-hydrogen) atoms. The van der Waals surface area contributed by atoms with Crippen molar-refractivity contribution in [2.75, 3.05) is 0 Å². The van der Waals surface area contributed by atoms with Gasteiger partial charge in [-0.25, -0.2) is 18.6 Å². The molecule has 0 aromatic heterocycles. The van der Waals surface area contributed by atoms with Gasteiger partial charge in [0.15, 0.2) is 0 Å². The summed E-state index contributed by atoms with van der Waals surface area (Å²) >= 11 is 0. The van der Waals surface area contributed by atoms with Crippen molar-refractivity contribution in [1.29, 1.82) is 21.0 Å². The largest absolute Gasteiger partial charge is 1.00 e. The molecule has 8 aromatic carbocycles. The number of aryl methyl sites for hydroxylation is 4. The Morgan fingerprint density at radius 2 is 0.559 bits per heavy atom. The molecule has 0 aliphatic rings. The molecule has 0 amide bonds. The minimum atomic E-state index is -4.94. The fourth-order valence-corrected chi connectivity index (χ4v) is 11.9. The van der Waals surface area contributed by atoms with E-state index in [0.717, 1.165) is 0 Å². The van der Waals surface area contributed by atoms with Crippen LogP contribution in [0.2, 0.25) is 0 Å². The molecule has 0 radical (unpaired) electrons. The molecule has 0 aliphatic carbocycles. The molecule has 8 nitrogen and oxygen atoms in total. The van der Waals surface area contributed by atoms with Crippen molar-refractivity contribution in [3.8, 4) is 35.4 Å². The first-order valence-corrected chi connectivity index (χ1v) is 24.8. The number of nitriles is 4. The van der Waals surface area contributed by atoms with E-state index >= 15 is 0 Å². The van der Waals surface area contributed by atoms with Gasteiger partial charge in [-0.15, -0.1) is 10.2 Å². The van der Waals surface area contributed by atoms with Gasteiger partial charge in [0, 0.05) is 27.7 Å². The molecule has 0 unspecified atom stereocenters. The van der Waals surface area contributed by atoms with Crippen LogP contribution in [-0.2, 0) is 17.1 Å². The molecular formula is C56H52ClCuN4O4P2. The maximum absolute atomic E-state index is 8.49. The minimum Gasteiger partial charge on any atom is -0.222 e. The Morgan fingerprint density at radius 1 is 0.353 bits per heavy atom. The summed E-state index contributed by atoms with van der Waals surface area (Å²) in [7, 11) is -6.72. The van der Waals surface area contributed by atoms with Gasteiger partial charge in [-0.2, -0.15) is 21.0 Å². The van der Waals surface area contributed by atoms with Gasteiger partial charge in [-0.05, 0) is 108 Å². The quantitative estimate of drug-likeness (QED) is 0.114. The smallest absolute Gasteiger partial charge is 0.222 e. The van der Waals surface area contributed by atoms with Gasteiger partial charge in [-0.3, -0.25) is 0 Å². The molecular weight excluding hydrogens is 954 g/mol. The van der Waals surface area contributed by atoms with Crippen LogP contribution in [0.4, 0.5) is 0 Å². The van der Waals surface area contributed by atoms with Gasteiger partial charge in [0.1, 0.15) is 0 Å². The second-order valence-corrected chi connectivity index (χ2v) is 19.8. The fraction of sp³-hybridized carbons (Fsp3) is 0.143. The van der Waals surface area contributed by atoms with Crippen molar-refractivity contribution in [2.24, 2.45) is 0 Å². The van der Waals surface area contributed by atoms with E-state index in [4.69, 9.17) is 39.7 Å². The molecule has 8 rings (SSSR count). The third-order valence-electron chi connectivity index (χ3n) is 9.71. The second-order valence-electron chi connectivity index (χ2n) is 14.6. The molecule has 0 aliphatic heterocycles. The Kier molecular flexibility index (Phi) is 25.1. The molecule has 348 valence electrons. The standard InChI is InChI=1S/C48H40P2.4C2H3N.ClHO4.Cu/c1-33-13-23-39(24-14-33)49(40-25-15-34(2)16-26-40)45-31-21-37-9-5-7-11-43(37)47(45)48-44-12-8-6-10-38(44)22-32-46(48)50(41-27-17-35(3)18-28-41)42-29-19-36(4)20-30-42;4*1-2-3;2-1(3,4)5;/h5-32H,1-4H3;4*1H3;(H,2,3,4,5);/q;;;;;;+1/p-1. The predicted molar refractivity (Wildman–Crippen MR) is 268 cm³/mol. The maximum Gasteiger partial charge on any atom is 1.00 e. The van der Waals surface area contributed by atoms with Crippen LogP contribution < -0.4 is 50.5 Å². The number of hydrogen-bond donors (Lipinski definition) is 0. The summed E-state index contributed by atoms with van der Waals surface area (Å²) in [5.41, 5.74) is 7.84. The van der Waals surface area contributed by atoms with Crippen molar-refractivity contribution in [2.45, 2.75) is 55.4 Å². The van der Waals surface area contributed by atoms with Gasteiger partial charge >= 0.3 is 17.1 Å². The van der Waals surface area contributed by atoms with Gasteiger partial charge in [0.25, 0.3) is 0 Å². The van der Waals surface area contributed by atoms with E-state index in [0.29, 0.717) is 0 Å². The predicted octanol–water partition coefficient (Wildman–Crippen LogP) is 7.77. The topological polar surface area (TPSA) is 187 Å². The number of halogens is 1. The van der Waals surface area contributed by atoms with Gasteiger partial charge in [0.05, 0.1) is 24.3 Å². The molecule has 0 N–H and O–H groups in total. The summed E-state index contributed by atoms with van der Waals surface area (Å²) in [6.45, 7) is 14.4. The Bertz CT molecular complexity index is 2670. The number of hydrogen-bond acceptors (Lipinski definition) is 8. The average molecular weight is 1010 g/mol. The summed E-state index contributed by atoms with van der Waals surface area (Å²) in [5, 5.41) is 42.7. The van der Waals surface area contributed by atoms with E-state index in [9.17, 15) is 0 Å². The average Bonchev–Trinajstić information content (AvgIpc) is 3.29. The SMILES string of the molecule is CC#N.CC#N.CC#N.CC#N.Cc1ccc(P(c2ccc(C)cc2)c2ccc3ccccc3c2-c2c(P(c3ccc(C)cc3)c3ccc(C)cc3)ccc3ccccc23)cc1.[Cu+].[O-][Cl+3]([O-])([O-])[O-]. The Morgan fingerprint density at radius 3 is 0.779 bits per heavy atom. The van der Waals surface area contributed by atoms with E-state index in [1.165, 1.54) is 114 Å². The van der Waals surface area contributed by atoms with Crippen LogP contribution in [-0.4, -0.2) is 0 Å². The molecule has 8 aromatic rings. The normalized spacial score (nSPS) is 9.85. The molecule has 0 saturated carbocycles. The monoisotopic (exact) mass is 1000 g/mol. The molecule has 0 atom stereocenters. The summed E-state index contributed by atoms with van der Waals surface area (Å²) in [5.74, 6) is 0. The first kappa shape index (κ1) is 57.9. The molecule has 0 spiro atoms. The third-order valence-corrected chi connectivity index (χ3v) is 14.7. The van der Waals surface area contributed by atoms with Crippen LogP contribution in [0.1, 0.15) is 49.9 Å². The summed E-state index contributed by atoms with van der Waals surface area (Å²) in [4.78, 5) is 0. The van der Waals surface area contributed by atoms with Crippen molar-refractivity contribution in [3.63, 3.8) is 0 Å². The molecule has 0 heterocycles. The zero-order valence-corrected chi connectivity index (χ0v) is 42.6. The number of rotatable bonds is 7. The van der Waals surface area contributed by atoms with Gasteiger partial charge < -0.3 is 0 Å². The van der Waals surface area contributed by atoms with E-state index in [2.05, 4.69) is 198 Å². The number of nitrogens with zero attached hydrogens (tertiary/aromatic N) is 4. The zero-order valence-electron chi connectivity index (χ0n) is 39.2. The minimum absolute atomic E-state index is 0. The van der Waals surface area contributed by atoms with Crippen LogP contribution in [0.15, 0.2) is 170 Å². The Balaban J connectivity index is 0.000000771. The van der Waals surface area contributed by atoms with E-state index in [1.54, 1.807) is 24.3 Å².